The highest BCUT2D eigenvalue weighted by Crippen LogP contribution is 2.45. The van der Waals surface area contributed by atoms with Crippen LogP contribution in [0, 0.1) is 0 Å². The fourth-order valence-electron chi connectivity index (χ4n) is 4.10. The number of phenolic OH excluding ortho intramolecular Hbond substituents is 2. The van der Waals surface area contributed by atoms with Crippen LogP contribution in [0.4, 0.5) is 5.69 Å². The lowest BCUT2D eigenvalue weighted by Crippen LogP contribution is -2.23. The molecule has 0 aliphatic carbocycles. The first-order valence-electron chi connectivity index (χ1n) is 10.0. The maximum Gasteiger partial charge on any atom is 0.225 e. The number of aromatic nitrogens is 3. The van der Waals surface area contributed by atoms with Gasteiger partial charge in [-0.3, -0.25) is 4.79 Å². The third kappa shape index (κ3) is 3.46. The number of fused-ring (bicyclic) bond motifs is 3. The zero-order valence-electron chi connectivity index (χ0n) is 17.7. The van der Waals surface area contributed by atoms with Gasteiger partial charge in [0.2, 0.25) is 11.7 Å². The van der Waals surface area contributed by atoms with Crippen molar-refractivity contribution in [3.8, 4) is 28.7 Å². The number of benzene rings is 3. The summed E-state index contributed by atoms with van der Waals surface area (Å²) < 4.78 is 10.4. The number of nitrogens with one attached hydrogen (secondary N) is 1. The number of carbonyl (C=O) groups excluding carboxylic acids is 1. The summed E-state index contributed by atoms with van der Waals surface area (Å²) in [6.45, 7) is 0. The van der Waals surface area contributed by atoms with E-state index in [0.717, 1.165) is 5.56 Å². The van der Waals surface area contributed by atoms with E-state index < -0.39 is 5.92 Å². The summed E-state index contributed by atoms with van der Waals surface area (Å²) in [5, 5.41) is 32.8. The van der Waals surface area contributed by atoms with Gasteiger partial charge in [0.05, 0.1) is 24.9 Å². The van der Waals surface area contributed by atoms with Crippen molar-refractivity contribution in [2.45, 2.75) is 12.3 Å². The highest BCUT2D eigenvalue weighted by molar-refractivity contribution is 6.32. The van der Waals surface area contributed by atoms with E-state index in [-0.39, 0.29) is 29.6 Å². The quantitative estimate of drug-likeness (QED) is 0.389. The van der Waals surface area contributed by atoms with E-state index in [2.05, 4.69) is 15.5 Å². The third-order valence-electron chi connectivity index (χ3n) is 5.67. The largest absolute Gasteiger partial charge is 0.504 e. The number of methoxy groups -OCH3 is 2. The fourth-order valence-corrected chi connectivity index (χ4v) is 4.35. The molecule has 0 saturated heterocycles. The van der Waals surface area contributed by atoms with E-state index in [4.69, 9.17) is 21.1 Å². The lowest BCUT2D eigenvalue weighted by atomic mass is 9.83. The van der Waals surface area contributed by atoms with Crippen molar-refractivity contribution in [3.05, 3.63) is 58.6 Å². The van der Waals surface area contributed by atoms with Crippen molar-refractivity contribution in [2.24, 2.45) is 0 Å². The Labute approximate surface area is 193 Å². The van der Waals surface area contributed by atoms with Gasteiger partial charge in [-0.15, -0.1) is 10.2 Å². The molecule has 10 heteroatoms. The highest BCUT2D eigenvalue weighted by Gasteiger charge is 2.31. The Morgan fingerprint density at radius 3 is 2.58 bits per heavy atom. The summed E-state index contributed by atoms with van der Waals surface area (Å²) in [5.41, 5.74) is 3.83. The van der Waals surface area contributed by atoms with Crippen molar-refractivity contribution < 1.29 is 24.5 Å². The maximum absolute atomic E-state index is 12.5. The van der Waals surface area contributed by atoms with Gasteiger partial charge in [-0.2, -0.15) is 4.80 Å². The minimum atomic E-state index is -0.442. The van der Waals surface area contributed by atoms with Crippen LogP contribution >= 0.6 is 11.6 Å². The molecule has 0 radical (unpaired) electrons. The Balaban J connectivity index is 1.69. The zero-order chi connectivity index (χ0) is 23.3. The molecular weight excluding hydrogens is 448 g/mol. The van der Waals surface area contributed by atoms with Crippen LogP contribution in [0.5, 0.6) is 23.0 Å². The van der Waals surface area contributed by atoms with Crippen molar-refractivity contribution in [2.75, 3.05) is 19.5 Å². The predicted octanol–water partition coefficient (Wildman–Crippen LogP) is 3.98. The number of hydrogen-bond donors (Lipinski definition) is 3. The van der Waals surface area contributed by atoms with E-state index in [1.807, 2.05) is 0 Å². The minimum absolute atomic E-state index is 0.112. The Morgan fingerprint density at radius 1 is 1.06 bits per heavy atom. The molecule has 1 unspecified atom stereocenters. The molecule has 33 heavy (non-hydrogen) atoms. The second-order valence-electron chi connectivity index (χ2n) is 7.60. The predicted molar refractivity (Wildman–Crippen MR) is 122 cm³/mol. The monoisotopic (exact) mass is 466 g/mol. The van der Waals surface area contributed by atoms with Crippen molar-refractivity contribution in [3.63, 3.8) is 0 Å². The van der Waals surface area contributed by atoms with E-state index >= 15 is 0 Å². The number of carbonyl (C=O) groups is 1. The van der Waals surface area contributed by atoms with Crippen LogP contribution in [0.3, 0.4) is 0 Å². The standard InChI is InChI=1S/C23H19ClN4O5/c1-32-18-6-3-12(9-14(18)24)28-26-16-5-4-15-21(22(16)27-28)13(10-20(30)25-15)11-7-17(29)23(31)19(8-11)33-2/h3-9,13,29,31H,10H2,1-2H3,(H,25,30). The number of phenols is 2. The minimum Gasteiger partial charge on any atom is -0.504 e. The summed E-state index contributed by atoms with van der Waals surface area (Å²) >= 11 is 6.27. The van der Waals surface area contributed by atoms with Gasteiger partial charge >= 0.3 is 0 Å². The Kier molecular flexibility index (Phi) is 4.98. The third-order valence-corrected chi connectivity index (χ3v) is 5.97. The first-order chi connectivity index (χ1) is 15.9. The van der Waals surface area contributed by atoms with Crippen LogP contribution in [-0.4, -0.2) is 45.3 Å². The Hall–Kier alpha value is -3.98. The molecule has 0 fully saturated rings. The average Bonchev–Trinajstić information content (AvgIpc) is 3.24. The summed E-state index contributed by atoms with van der Waals surface area (Å²) in [6.07, 6.45) is 0.126. The SMILES string of the molecule is COc1ccc(-n2nc3ccc4c(c3n2)C(c2cc(O)c(O)c(OC)c2)CC(=O)N4)cc1Cl. The van der Waals surface area contributed by atoms with E-state index in [1.165, 1.54) is 25.1 Å². The molecule has 0 bridgehead atoms. The first-order valence-corrected chi connectivity index (χ1v) is 10.4. The van der Waals surface area contributed by atoms with Crippen LogP contribution in [0.25, 0.3) is 16.7 Å². The number of nitrogens with zero attached hydrogens (tertiary/aromatic N) is 3. The maximum atomic E-state index is 12.5. The molecule has 1 aliphatic heterocycles. The molecule has 1 aromatic heterocycles. The van der Waals surface area contributed by atoms with E-state index in [0.29, 0.717) is 38.7 Å². The molecule has 9 nitrogen and oxygen atoms in total. The van der Waals surface area contributed by atoms with Crippen LogP contribution in [0.1, 0.15) is 23.5 Å². The van der Waals surface area contributed by atoms with Gasteiger partial charge < -0.3 is 25.0 Å². The average molecular weight is 467 g/mol. The fraction of sp³-hybridized carbons (Fsp3) is 0.174. The summed E-state index contributed by atoms with van der Waals surface area (Å²) in [4.78, 5) is 13.9. The van der Waals surface area contributed by atoms with Gasteiger partial charge in [0.25, 0.3) is 0 Å². The van der Waals surface area contributed by atoms with Gasteiger partial charge in [-0.25, -0.2) is 0 Å². The Morgan fingerprint density at radius 2 is 1.85 bits per heavy atom. The normalized spacial score (nSPS) is 15.2. The zero-order valence-corrected chi connectivity index (χ0v) is 18.4. The summed E-state index contributed by atoms with van der Waals surface area (Å²) in [6, 6.07) is 11.8. The lowest BCUT2D eigenvalue weighted by Gasteiger charge is -2.26. The molecule has 4 aromatic rings. The van der Waals surface area contributed by atoms with Gasteiger partial charge in [-0.1, -0.05) is 11.6 Å². The number of amides is 1. The Bertz CT molecular complexity index is 1420. The van der Waals surface area contributed by atoms with E-state index in [9.17, 15) is 15.0 Å². The molecule has 0 saturated carbocycles. The molecule has 3 aromatic carbocycles. The van der Waals surface area contributed by atoms with E-state index in [1.54, 1.807) is 36.4 Å². The van der Waals surface area contributed by atoms with Crippen LogP contribution in [0.15, 0.2) is 42.5 Å². The number of ether oxygens (including phenoxy) is 2. The molecular formula is C23H19ClN4O5. The second-order valence-corrected chi connectivity index (χ2v) is 8.01. The molecule has 5 rings (SSSR count). The molecule has 0 spiro atoms. The second kappa shape index (κ2) is 7.86. The van der Waals surface area contributed by atoms with Crippen LogP contribution < -0.4 is 14.8 Å². The molecule has 1 amide bonds. The molecule has 1 atom stereocenters. The molecule has 1 aliphatic rings. The number of aromatic hydroxyl groups is 2. The van der Waals surface area contributed by atoms with Crippen molar-refractivity contribution in [1.29, 1.82) is 0 Å². The van der Waals surface area contributed by atoms with Crippen molar-refractivity contribution >= 4 is 34.2 Å². The highest BCUT2D eigenvalue weighted by atomic mass is 35.5. The van der Waals surface area contributed by atoms with Gasteiger partial charge in [0.1, 0.15) is 16.8 Å². The topological polar surface area (TPSA) is 119 Å². The lowest BCUT2D eigenvalue weighted by molar-refractivity contribution is -0.116. The molecule has 3 N–H and O–H groups in total. The first kappa shape index (κ1) is 20.9. The van der Waals surface area contributed by atoms with Crippen LogP contribution in [0.2, 0.25) is 5.02 Å². The smallest absolute Gasteiger partial charge is 0.225 e. The summed E-state index contributed by atoms with van der Waals surface area (Å²) in [5.74, 6) is -0.655. The number of rotatable bonds is 4. The summed E-state index contributed by atoms with van der Waals surface area (Å²) in [7, 11) is 2.93. The van der Waals surface area contributed by atoms with Gasteiger partial charge in [0.15, 0.2) is 11.5 Å². The van der Waals surface area contributed by atoms with Crippen molar-refractivity contribution in [1.82, 2.24) is 15.0 Å². The molecule has 168 valence electrons. The number of hydrogen-bond acceptors (Lipinski definition) is 7. The number of anilines is 1. The number of halogens is 1. The molecule has 2 heterocycles. The van der Waals surface area contributed by atoms with Gasteiger partial charge in [-0.05, 0) is 48.0 Å². The van der Waals surface area contributed by atoms with Crippen LogP contribution in [-0.2, 0) is 4.79 Å². The van der Waals surface area contributed by atoms with Gasteiger partial charge in [0, 0.05) is 23.6 Å².